The lowest BCUT2D eigenvalue weighted by molar-refractivity contribution is 0.0668. The summed E-state index contributed by atoms with van der Waals surface area (Å²) in [6.45, 7) is 2.60. The number of hydrogen-bond donors (Lipinski definition) is 1. The van der Waals surface area contributed by atoms with Gasteiger partial charge in [-0.05, 0) is 71.6 Å². The van der Waals surface area contributed by atoms with E-state index in [1.165, 1.54) is 6.26 Å². The van der Waals surface area contributed by atoms with Crippen LogP contribution in [-0.4, -0.2) is 57.6 Å². The third kappa shape index (κ3) is 5.70. The fraction of sp³-hybridized carbons (Fsp3) is 0.241. The summed E-state index contributed by atoms with van der Waals surface area (Å²) in [6, 6.07) is 22.9. The molecule has 192 valence electrons. The fourth-order valence-corrected chi connectivity index (χ4v) is 5.11. The molecule has 0 aliphatic carbocycles. The van der Waals surface area contributed by atoms with Crippen LogP contribution in [0, 0.1) is 5.92 Å². The highest BCUT2D eigenvalue weighted by atomic mass is 32.2. The molecule has 1 aliphatic rings. The zero-order valence-electron chi connectivity index (χ0n) is 20.4. The van der Waals surface area contributed by atoms with Crippen molar-refractivity contribution in [3.8, 4) is 34.1 Å². The molecular weight excluding hydrogens is 493 g/mol. The van der Waals surface area contributed by atoms with Gasteiger partial charge in [-0.25, -0.2) is 8.42 Å². The van der Waals surface area contributed by atoms with Gasteiger partial charge in [-0.1, -0.05) is 18.2 Å². The molecule has 1 saturated heterocycles. The Bertz CT molecular complexity index is 1500. The molecule has 1 aliphatic heterocycles. The average Bonchev–Trinajstić information content (AvgIpc) is 2.86. The molecular formula is C29H28FNO5S. The second-order valence-electron chi connectivity index (χ2n) is 9.35. The summed E-state index contributed by atoms with van der Waals surface area (Å²) in [5.41, 5.74) is 1.60. The predicted octanol–water partition coefficient (Wildman–Crippen LogP) is 5.69. The van der Waals surface area contributed by atoms with Crippen molar-refractivity contribution in [2.24, 2.45) is 5.92 Å². The van der Waals surface area contributed by atoms with Crippen molar-refractivity contribution >= 4 is 20.6 Å². The Labute approximate surface area is 215 Å². The number of rotatable bonds is 9. The maximum Gasteiger partial charge on any atom is 0.175 e. The van der Waals surface area contributed by atoms with Gasteiger partial charge in [0.1, 0.15) is 29.6 Å². The number of phenolic OH excluding ortho intramolecular Hbond substituents is 1. The van der Waals surface area contributed by atoms with Crippen LogP contribution in [0.25, 0.3) is 21.9 Å². The summed E-state index contributed by atoms with van der Waals surface area (Å²) in [5.74, 6) is 2.24. The molecule has 0 radical (unpaired) electrons. The van der Waals surface area contributed by atoms with Crippen LogP contribution in [0.15, 0.2) is 83.8 Å². The zero-order valence-corrected chi connectivity index (χ0v) is 21.2. The summed E-state index contributed by atoms with van der Waals surface area (Å²) >= 11 is 0. The van der Waals surface area contributed by atoms with Gasteiger partial charge in [-0.15, -0.1) is 0 Å². The van der Waals surface area contributed by atoms with E-state index in [2.05, 4.69) is 4.90 Å². The number of hydrogen-bond acceptors (Lipinski definition) is 6. The molecule has 4 aromatic rings. The minimum atomic E-state index is -3.31. The Kier molecular flexibility index (Phi) is 7.04. The molecule has 37 heavy (non-hydrogen) atoms. The standard InChI is InChI=1S/C29H28FNO5S/c1-37(33,34)26-10-2-21(3-11-26)27-12-4-22-16-23(32)5-13-28(22)29(27)36-25-8-6-24(7-9-25)35-15-14-31-18-20(17-30)19-31/h2-13,16,20,32H,14-15,17-19H2,1H3. The maximum absolute atomic E-state index is 12.6. The van der Waals surface area contributed by atoms with Crippen LogP contribution in [0.3, 0.4) is 0 Å². The van der Waals surface area contributed by atoms with Gasteiger partial charge in [0.2, 0.25) is 0 Å². The van der Waals surface area contributed by atoms with Crippen LogP contribution in [0.4, 0.5) is 4.39 Å². The van der Waals surface area contributed by atoms with Crippen LogP contribution in [0.5, 0.6) is 23.0 Å². The number of nitrogens with zero attached hydrogens (tertiary/aromatic N) is 1. The maximum atomic E-state index is 12.6. The molecule has 1 heterocycles. The molecule has 0 bridgehead atoms. The summed E-state index contributed by atoms with van der Waals surface area (Å²) in [4.78, 5) is 2.42. The topological polar surface area (TPSA) is 76.1 Å². The van der Waals surface area contributed by atoms with Crippen molar-refractivity contribution in [3.63, 3.8) is 0 Å². The molecule has 0 saturated carbocycles. The third-order valence-electron chi connectivity index (χ3n) is 6.52. The number of aromatic hydroxyl groups is 1. The lowest BCUT2D eigenvalue weighted by Gasteiger charge is -2.37. The smallest absolute Gasteiger partial charge is 0.175 e. The van der Waals surface area contributed by atoms with Crippen molar-refractivity contribution in [3.05, 3.63) is 78.9 Å². The highest BCUT2D eigenvalue weighted by Crippen LogP contribution is 2.41. The van der Waals surface area contributed by atoms with E-state index < -0.39 is 9.84 Å². The van der Waals surface area contributed by atoms with E-state index in [4.69, 9.17) is 9.47 Å². The summed E-state index contributed by atoms with van der Waals surface area (Å²) in [6.07, 6.45) is 1.18. The van der Waals surface area contributed by atoms with E-state index in [9.17, 15) is 17.9 Å². The summed E-state index contributed by atoms with van der Waals surface area (Å²) in [7, 11) is -3.31. The van der Waals surface area contributed by atoms with E-state index in [1.54, 1.807) is 42.5 Å². The predicted molar refractivity (Wildman–Crippen MR) is 142 cm³/mol. The summed E-state index contributed by atoms with van der Waals surface area (Å²) in [5, 5.41) is 11.6. The van der Waals surface area contributed by atoms with Crippen LogP contribution >= 0.6 is 0 Å². The van der Waals surface area contributed by atoms with E-state index >= 15 is 0 Å². The van der Waals surface area contributed by atoms with Crippen molar-refractivity contribution < 1.29 is 27.4 Å². The number of sulfone groups is 1. The molecule has 0 spiro atoms. The number of halogens is 1. The Balaban J connectivity index is 1.37. The van der Waals surface area contributed by atoms with E-state index in [0.717, 1.165) is 41.5 Å². The number of ether oxygens (including phenoxy) is 2. The van der Waals surface area contributed by atoms with Crippen molar-refractivity contribution in [1.29, 1.82) is 0 Å². The highest BCUT2D eigenvalue weighted by Gasteiger charge is 2.25. The van der Waals surface area contributed by atoms with Gasteiger partial charge in [0, 0.05) is 42.8 Å². The number of alkyl halides is 1. The first-order valence-corrected chi connectivity index (χ1v) is 13.9. The number of phenols is 1. The first-order chi connectivity index (χ1) is 17.8. The molecule has 4 aromatic carbocycles. The number of fused-ring (bicyclic) bond motifs is 1. The largest absolute Gasteiger partial charge is 0.508 e. The Morgan fingerprint density at radius 1 is 0.946 bits per heavy atom. The lowest BCUT2D eigenvalue weighted by atomic mass is 9.99. The van der Waals surface area contributed by atoms with Gasteiger partial charge in [0.05, 0.1) is 11.6 Å². The quantitative estimate of drug-likeness (QED) is 0.305. The zero-order chi connectivity index (χ0) is 26.0. The second-order valence-corrected chi connectivity index (χ2v) is 11.4. The Hall–Kier alpha value is -3.62. The van der Waals surface area contributed by atoms with Gasteiger partial charge < -0.3 is 14.6 Å². The molecule has 6 nitrogen and oxygen atoms in total. The minimum Gasteiger partial charge on any atom is -0.508 e. The van der Waals surface area contributed by atoms with Crippen molar-refractivity contribution in [1.82, 2.24) is 4.90 Å². The molecule has 5 rings (SSSR count). The van der Waals surface area contributed by atoms with Gasteiger partial charge >= 0.3 is 0 Å². The molecule has 0 atom stereocenters. The SMILES string of the molecule is CS(=O)(=O)c1ccc(-c2ccc3cc(O)ccc3c2Oc2ccc(OCCN3CC(CF)C3)cc2)cc1. The van der Waals surface area contributed by atoms with Crippen LogP contribution in [-0.2, 0) is 9.84 Å². The highest BCUT2D eigenvalue weighted by molar-refractivity contribution is 7.90. The second kappa shape index (κ2) is 10.4. The minimum absolute atomic E-state index is 0.156. The van der Waals surface area contributed by atoms with Gasteiger partial charge in [-0.2, -0.15) is 0 Å². The van der Waals surface area contributed by atoms with E-state index in [0.29, 0.717) is 23.9 Å². The van der Waals surface area contributed by atoms with Gasteiger partial charge in [0.15, 0.2) is 9.84 Å². The normalized spacial score (nSPS) is 14.4. The van der Waals surface area contributed by atoms with Gasteiger partial charge in [0.25, 0.3) is 0 Å². The fourth-order valence-electron chi connectivity index (χ4n) is 4.48. The molecule has 8 heteroatoms. The number of benzene rings is 4. The molecule has 1 N–H and O–H groups in total. The molecule has 1 fully saturated rings. The van der Waals surface area contributed by atoms with Gasteiger partial charge in [-0.3, -0.25) is 9.29 Å². The van der Waals surface area contributed by atoms with Crippen LogP contribution in [0.1, 0.15) is 0 Å². The van der Waals surface area contributed by atoms with Crippen LogP contribution in [0.2, 0.25) is 0 Å². The number of likely N-dealkylation sites (tertiary alicyclic amines) is 1. The molecule has 0 unspecified atom stereocenters. The Morgan fingerprint density at radius 2 is 1.65 bits per heavy atom. The van der Waals surface area contributed by atoms with E-state index in [-0.39, 0.29) is 23.2 Å². The average molecular weight is 522 g/mol. The van der Waals surface area contributed by atoms with Crippen molar-refractivity contribution in [2.45, 2.75) is 4.90 Å². The first kappa shape index (κ1) is 25.0. The lowest BCUT2D eigenvalue weighted by Crippen LogP contribution is -2.49. The molecule has 0 amide bonds. The van der Waals surface area contributed by atoms with Crippen molar-refractivity contribution in [2.75, 3.05) is 39.2 Å². The van der Waals surface area contributed by atoms with E-state index in [1.807, 2.05) is 36.4 Å². The first-order valence-electron chi connectivity index (χ1n) is 12.1. The molecule has 0 aromatic heterocycles. The monoisotopic (exact) mass is 521 g/mol. The van der Waals surface area contributed by atoms with Crippen LogP contribution < -0.4 is 9.47 Å². The summed E-state index contributed by atoms with van der Waals surface area (Å²) < 4.78 is 48.6. The third-order valence-corrected chi connectivity index (χ3v) is 7.65. The Morgan fingerprint density at radius 3 is 2.32 bits per heavy atom.